The number of hydrogen-bond acceptors (Lipinski definition) is 8. The molecule has 0 spiro atoms. The van der Waals surface area contributed by atoms with E-state index in [0.29, 0.717) is 10.9 Å². The van der Waals surface area contributed by atoms with E-state index in [2.05, 4.69) is 52.5 Å². The van der Waals surface area contributed by atoms with Crippen LogP contribution in [0.15, 0.2) is 58.3 Å². The average Bonchev–Trinajstić information content (AvgIpc) is 3.44. The summed E-state index contributed by atoms with van der Waals surface area (Å²) < 4.78 is 0.875. The second kappa shape index (κ2) is 10.2. The van der Waals surface area contributed by atoms with Crippen molar-refractivity contribution in [2.75, 3.05) is 10.2 Å². The summed E-state index contributed by atoms with van der Waals surface area (Å²) in [5.41, 5.74) is 5.29. The number of rotatable bonds is 8. The topological polar surface area (TPSA) is 71.0 Å². The summed E-state index contributed by atoms with van der Waals surface area (Å²) in [4.78, 5) is 18.5. The zero-order valence-electron chi connectivity index (χ0n) is 18.0. The van der Waals surface area contributed by atoms with Crippen LogP contribution in [0.1, 0.15) is 30.7 Å². The number of para-hydroxylation sites is 2. The van der Waals surface area contributed by atoms with Crippen LogP contribution in [0.25, 0.3) is 0 Å². The van der Waals surface area contributed by atoms with Crippen molar-refractivity contribution in [3.05, 3.63) is 70.7 Å². The first kappa shape index (κ1) is 22.4. The molecule has 0 atom stereocenters. The number of carbonyl (C=O) groups is 1. The van der Waals surface area contributed by atoms with Gasteiger partial charge in [0.1, 0.15) is 0 Å². The van der Waals surface area contributed by atoms with Crippen LogP contribution in [-0.4, -0.2) is 21.1 Å². The van der Waals surface area contributed by atoms with Crippen LogP contribution in [0.3, 0.4) is 0 Å². The molecular weight excluding hydrogens is 458 g/mol. The number of thiazole rings is 1. The quantitative estimate of drug-likeness (QED) is 0.286. The molecule has 0 fully saturated rings. The van der Waals surface area contributed by atoms with E-state index in [9.17, 15) is 4.79 Å². The zero-order chi connectivity index (χ0) is 22.5. The molecule has 4 rings (SSSR count). The molecule has 6 nitrogen and oxygen atoms in total. The van der Waals surface area contributed by atoms with E-state index in [-0.39, 0.29) is 5.91 Å². The number of carbonyl (C=O) groups excluding carboxylic acids is 1. The van der Waals surface area contributed by atoms with Gasteiger partial charge in [0.25, 0.3) is 0 Å². The van der Waals surface area contributed by atoms with Crippen LogP contribution in [0.2, 0.25) is 0 Å². The number of anilines is 4. The molecule has 0 aliphatic carbocycles. The third kappa shape index (κ3) is 5.17. The highest BCUT2D eigenvalue weighted by atomic mass is 32.2. The largest absolute Gasteiger partial charge is 0.330 e. The first-order valence-corrected chi connectivity index (χ1v) is 12.8. The molecule has 0 saturated heterocycles. The normalized spacial score (nSPS) is 10.8. The van der Waals surface area contributed by atoms with Crippen molar-refractivity contribution >= 4 is 62.0 Å². The number of benzene rings is 2. The predicted molar refractivity (Wildman–Crippen MR) is 135 cm³/mol. The molecule has 0 saturated carbocycles. The second-order valence-corrected chi connectivity index (χ2v) is 10.1. The lowest BCUT2D eigenvalue weighted by Crippen LogP contribution is -2.22. The fraction of sp³-hybridized carbons (Fsp3) is 0.217. The summed E-state index contributed by atoms with van der Waals surface area (Å²) in [5.74, 6) is 0.600. The van der Waals surface area contributed by atoms with Crippen molar-refractivity contribution in [2.24, 2.45) is 0 Å². The summed E-state index contributed by atoms with van der Waals surface area (Å²) in [6.07, 6.45) is 0.955. The Morgan fingerprint density at radius 2 is 1.94 bits per heavy atom. The molecule has 2 heterocycles. The second-order valence-electron chi connectivity index (χ2n) is 7.06. The summed E-state index contributed by atoms with van der Waals surface area (Å²) in [5, 5.41) is 15.5. The Hall–Kier alpha value is -2.75. The third-order valence-electron chi connectivity index (χ3n) is 4.78. The van der Waals surface area contributed by atoms with Crippen molar-refractivity contribution in [3.8, 4) is 0 Å². The van der Waals surface area contributed by atoms with Crippen LogP contribution in [0.5, 0.6) is 0 Å². The summed E-state index contributed by atoms with van der Waals surface area (Å²) in [6.45, 7) is 5.79. The van der Waals surface area contributed by atoms with Gasteiger partial charge < -0.3 is 5.32 Å². The first-order valence-electron chi connectivity index (χ1n) is 10.2. The Morgan fingerprint density at radius 3 is 2.69 bits per heavy atom. The van der Waals surface area contributed by atoms with Gasteiger partial charge in [-0.15, -0.1) is 21.5 Å². The van der Waals surface area contributed by atoms with E-state index < -0.39 is 0 Å². The number of aromatic nitrogens is 3. The number of hydrogen-bond donors (Lipinski definition) is 1. The third-order valence-corrected chi connectivity index (χ3v) is 7.66. The van der Waals surface area contributed by atoms with Crippen LogP contribution in [-0.2, 0) is 17.0 Å². The lowest BCUT2D eigenvalue weighted by Gasteiger charge is -2.17. The molecule has 2 aromatic carbocycles. The Kier molecular flexibility index (Phi) is 7.19. The number of thioether (sulfide) groups is 1. The molecule has 0 aliphatic heterocycles. The van der Waals surface area contributed by atoms with Crippen molar-refractivity contribution in [1.82, 2.24) is 15.2 Å². The van der Waals surface area contributed by atoms with E-state index in [0.717, 1.165) is 33.0 Å². The summed E-state index contributed by atoms with van der Waals surface area (Å²) in [6, 6.07) is 15.9. The molecule has 2 aromatic heterocycles. The minimum Gasteiger partial charge on any atom is -0.330 e. The standard InChI is InChI=1S/C23H23N5OS3/c1-4-17-10-8-9-15(2)20(17)25-21-26-27-23(32-21)31-14-18-13-30-22(24-18)28(16(3)29)19-11-6-5-7-12-19/h5-13H,4,14H2,1-3H3,(H,25,26). The molecule has 4 aromatic rings. The summed E-state index contributed by atoms with van der Waals surface area (Å²) >= 11 is 4.59. The average molecular weight is 482 g/mol. The Balaban J connectivity index is 1.42. The molecule has 164 valence electrons. The maximum Gasteiger partial charge on any atom is 0.230 e. The molecule has 0 bridgehead atoms. The fourth-order valence-electron chi connectivity index (χ4n) is 3.23. The van der Waals surface area contributed by atoms with Gasteiger partial charge in [-0.05, 0) is 36.6 Å². The smallest absolute Gasteiger partial charge is 0.230 e. The van der Waals surface area contributed by atoms with Gasteiger partial charge in [0.15, 0.2) is 9.47 Å². The molecule has 0 radical (unpaired) electrons. The van der Waals surface area contributed by atoms with Gasteiger partial charge in [0.05, 0.1) is 11.4 Å². The molecule has 1 N–H and O–H groups in total. The molecule has 9 heteroatoms. The maximum atomic E-state index is 12.2. The van der Waals surface area contributed by atoms with Gasteiger partial charge in [-0.1, -0.05) is 66.4 Å². The van der Waals surface area contributed by atoms with Gasteiger partial charge in [0, 0.05) is 23.7 Å². The molecular formula is C23H23N5OS3. The SMILES string of the molecule is CCc1cccc(C)c1Nc1nnc(SCc2csc(N(C(C)=O)c3ccccc3)n2)s1. The predicted octanol–water partition coefficient (Wildman–Crippen LogP) is 6.59. The molecule has 0 aliphatic rings. The number of aryl methyl sites for hydroxylation is 2. The van der Waals surface area contributed by atoms with E-state index in [1.807, 2.05) is 35.7 Å². The Labute approximate surface area is 199 Å². The van der Waals surface area contributed by atoms with Crippen LogP contribution >= 0.6 is 34.4 Å². The highest BCUT2D eigenvalue weighted by molar-refractivity contribution is 8.00. The van der Waals surface area contributed by atoms with Gasteiger partial charge >= 0.3 is 0 Å². The molecule has 0 unspecified atom stereocenters. The lowest BCUT2D eigenvalue weighted by molar-refractivity contribution is -0.115. The number of nitrogens with zero attached hydrogens (tertiary/aromatic N) is 4. The number of nitrogens with one attached hydrogen (secondary N) is 1. The van der Waals surface area contributed by atoms with Gasteiger partial charge in [-0.3, -0.25) is 9.69 Å². The van der Waals surface area contributed by atoms with Crippen molar-refractivity contribution in [3.63, 3.8) is 0 Å². The highest BCUT2D eigenvalue weighted by Crippen LogP contribution is 2.34. The van der Waals surface area contributed by atoms with E-state index >= 15 is 0 Å². The van der Waals surface area contributed by atoms with Crippen LogP contribution in [0.4, 0.5) is 21.6 Å². The van der Waals surface area contributed by atoms with E-state index in [4.69, 9.17) is 0 Å². The lowest BCUT2D eigenvalue weighted by atomic mass is 10.1. The van der Waals surface area contributed by atoms with Gasteiger partial charge in [-0.2, -0.15) is 0 Å². The van der Waals surface area contributed by atoms with Crippen molar-refractivity contribution < 1.29 is 4.79 Å². The zero-order valence-corrected chi connectivity index (χ0v) is 20.5. The van der Waals surface area contributed by atoms with Crippen LogP contribution in [0, 0.1) is 6.92 Å². The molecule has 32 heavy (non-hydrogen) atoms. The molecule has 1 amide bonds. The highest BCUT2D eigenvalue weighted by Gasteiger charge is 2.18. The Morgan fingerprint density at radius 1 is 1.12 bits per heavy atom. The monoisotopic (exact) mass is 481 g/mol. The minimum absolute atomic E-state index is 0.0627. The van der Waals surface area contributed by atoms with Crippen molar-refractivity contribution in [2.45, 2.75) is 37.3 Å². The minimum atomic E-state index is -0.0627. The summed E-state index contributed by atoms with van der Waals surface area (Å²) in [7, 11) is 0. The van der Waals surface area contributed by atoms with Gasteiger partial charge in [-0.25, -0.2) is 4.98 Å². The van der Waals surface area contributed by atoms with E-state index in [1.54, 1.807) is 23.6 Å². The first-order chi connectivity index (χ1) is 15.5. The Bertz CT molecular complexity index is 1210. The van der Waals surface area contributed by atoms with Crippen LogP contribution < -0.4 is 10.2 Å². The van der Waals surface area contributed by atoms with Crippen molar-refractivity contribution in [1.29, 1.82) is 0 Å². The number of amides is 1. The fourth-order valence-corrected chi connectivity index (χ4v) is 5.87. The maximum absolute atomic E-state index is 12.2. The van der Waals surface area contributed by atoms with E-state index in [1.165, 1.54) is 33.8 Å². The van der Waals surface area contributed by atoms with Gasteiger partial charge in [0.2, 0.25) is 11.0 Å².